The van der Waals surface area contributed by atoms with E-state index in [9.17, 15) is 13.5 Å². The van der Waals surface area contributed by atoms with Gasteiger partial charge >= 0.3 is 0 Å². The van der Waals surface area contributed by atoms with Gasteiger partial charge in [0, 0.05) is 10.2 Å². The first kappa shape index (κ1) is 11.9. The molecule has 0 aromatic heterocycles. The number of halogens is 1. The van der Waals surface area contributed by atoms with Crippen molar-refractivity contribution in [1.82, 2.24) is 0 Å². The molecule has 2 N–H and O–H groups in total. The summed E-state index contributed by atoms with van der Waals surface area (Å²) in [6.45, 7) is 0. The van der Waals surface area contributed by atoms with Crippen LogP contribution in [0.25, 0.3) is 0 Å². The van der Waals surface area contributed by atoms with Crippen LogP contribution in [0.4, 0.5) is 5.69 Å². The van der Waals surface area contributed by atoms with Crippen LogP contribution in [0.15, 0.2) is 28.7 Å². The van der Waals surface area contributed by atoms with Gasteiger partial charge < -0.3 is 10.4 Å². The van der Waals surface area contributed by atoms with Crippen molar-refractivity contribution in [2.45, 2.75) is 12.1 Å². The Kier molecular flexibility index (Phi) is 3.23. The molecule has 1 aromatic carbocycles. The molecule has 1 aromatic rings. The fraction of sp³-hybridized carbons (Fsp3) is 0.400. The van der Waals surface area contributed by atoms with Gasteiger partial charge in [0.15, 0.2) is 9.84 Å². The average Bonchev–Trinajstić information content (AvgIpc) is 2.39. The molecule has 0 saturated carbocycles. The highest BCUT2D eigenvalue weighted by molar-refractivity contribution is 9.10. The van der Waals surface area contributed by atoms with Crippen molar-refractivity contribution in [1.29, 1.82) is 0 Å². The molecule has 1 aliphatic heterocycles. The van der Waals surface area contributed by atoms with Gasteiger partial charge in [-0.25, -0.2) is 8.42 Å². The highest BCUT2D eigenvalue weighted by Crippen LogP contribution is 2.20. The summed E-state index contributed by atoms with van der Waals surface area (Å²) < 4.78 is 23.5. The largest absolute Gasteiger partial charge is 0.390 e. The lowest BCUT2D eigenvalue weighted by atomic mass is 10.2. The van der Waals surface area contributed by atoms with E-state index in [1.54, 1.807) is 0 Å². The first-order valence-corrected chi connectivity index (χ1v) is 7.48. The number of benzene rings is 1. The molecule has 1 saturated heterocycles. The summed E-state index contributed by atoms with van der Waals surface area (Å²) in [7, 11) is -3.10. The van der Waals surface area contributed by atoms with E-state index in [1.165, 1.54) is 0 Å². The molecule has 0 unspecified atom stereocenters. The number of aliphatic hydroxyl groups excluding tert-OH is 1. The van der Waals surface area contributed by atoms with Crippen LogP contribution in [0.3, 0.4) is 0 Å². The van der Waals surface area contributed by atoms with E-state index in [2.05, 4.69) is 21.2 Å². The lowest BCUT2D eigenvalue weighted by Crippen LogP contribution is -2.31. The summed E-state index contributed by atoms with van der Waals surface area (Å²) in [6, 6.07) is 6.99. The molecule has 2 rings (SSSR count). The molecule has 0 aliphatic carbocycles. The van der Waals surface area contributed by atoms with E-state index in [1.807, 2.05) is 24.3 Å². The number of nitrogens with one attached hydrogen (secondary N) is 1. The third kappa shape index (κ3) is 2.75. The quantitative estimate of drug-likeness (QED) is 0.856. The van der Waals surface area contributed by atoms with E-state index in [4.69, 9.17) is 0 Å². The Balaban J connectivity index is 2.11. The zero-order valence-corrected chi connectivity index (χ0v) is 10.8. The van der Waals surface area contributed by atoms with Crippen LogP contribution >= 0.6 is 15.9 Å². The third-order valence-electron chi connectivity index (χ3n) is 2.50. The van der Waals surface area contributed by atoms with Crippen molar-refractivity contribution >= 4 is 31.5 Å². The summed E-state index contributed by atoms with van der Waals surface area (Å²) in [5.41, 5.74) is 0.801. The van der Waals surface area contributed by atoms with Crippen molar-refractivity contribution in [2.24, 2.45) is 0 Å². The first-order valence-electron chi connectivity index (χ1n) is 4.87. The van der Waals surface area contributed by atoms with Crippen LogP contribution in [0, 0.1) is 0 Å². The summed E-state index contributed by atoms with van der Waals surface area (Å²) in [5.74, 6) is -0.167. The van der Waals surface area contributed by atoms with E-state index in [-0.39, 0.29) is 11.5 Å². The van der Waals surface area contributed by atoms with Crippen LogP contribution in [0.1, 0.15) is 0 Å². The van der Waals surface area contributed by atoms with Gasteiger partial charge in [-0.15, -0.1) is 0 Å². The predicted molar refractivity (Wildman–Crippen MR) is 66.2 cm³/mol. The number of hydrogen-bond acceptors (Lipinski definition) is 4. The SMILES string of the molecule is O=S1(=O)C[C@H](Nc2cccc(Br)c2)[C@@H](O)C1. The zero-order chi connectivity index (χ0) is 11.8. The maximum atomic E-state index is 11.3. The fourth-order valence-electron chi connectivity index (χ4n) is 1.76. The molecular weight excluding hydrogens is 294 g/mol. The molecule has 88 valence electrons. The normalized spacial score (nSPS) is 27.9. The Morgan fingerprint density at radius 3 is 2.69 bits per heavy atom. The highest BCUT2D eigenvalue weighted by Gasteiger charge is 2.36. The lowest BCUT2D eigenvalue weighted by Gasteiger charge is -2.16. The van der Waals surface area contributed by atoms with Crippen LogP contribution in [-0.2, 0) is 9.84 Å². The van der Waals surface area contributed by atoms with Gasteiger partial charge in [-0.3, -0.25) is 0 Å². The van der Waals surface area contributed by atoms with Crippen molar-refractivity contribution in [2.75, 3.05) is 16.8 Å². The van der Waals surface area contributed by atoms with Crippen LogP contribution < -0.4 is 5.32 Å². The van der Waals surface area contributed by atoms with E-state index >= 15 is 0 Å². The van der Waals surface area contributed by atoms with Gasteiger partial charge in [-0.05, 0) is 18.2 Å². The van der Waals surface area contributed by atoms with Crippen molar-refractivity contribution in [3.8, 4) is 0 Å². The summed E-state index contributed by atoms with van der Waals surface area (Å²) in [4.78, 5) is 0. The van der Waals surface area contributed by atoms with Gasteiger partial charge in [0.05, 0.1) is 23.7 Å². The number of hydrogen-bond donors (Lipinski definition) is 2. The molecule has 1 fully saturated rings. The van der Waals surface area contributed by atoms with Gasteiger partial charge in [0.2, 0.25) is 0 Å². The Labute approximate surface area is 103 Å². The fourth-order valence-corrected chi connectivity index (χ4v) is 3.90. The molecule has 2 atom stereocenters. The molecule has 6 heteroatoms. The Bertz CT molecular complexity index is 489. The van der Waals surface area contributed by atoms with E-state index in [0.29, 0.717) is 0 Å². The first-order chi connectivity index (χ1) is 7.46. The van der Waals surface area contributed by atoms with Crippen molar-refractivity contribution in [3.05, 3.63) is 28.7 Å². The summed E-state index contributed by atoms with van der Waals surface area (Å²) in [5, 5.41) is 12.6. The maximum Gasteiger partial charge on any atom is 0.155 e. The molecule has 1 aliphatic rings. The average molecular weight is 306 g/mol. The van der Waals surface area contributed by atoms with Crippen LogP contribution in [0.2, 0.25) is 0 Å². The second-order valence-electron chi connectivity index (χ2n) is 3.91. The third-order valence-corrected chi connectivity index (χ3v) is 4.71. The van der Waals surface area contributed by atoms with Crippen molar-refractivity contribution < 1.29 is 13.5 Å². The van der Waals surface area contributed by atoms with Crippen LogP contribution in [-0.4, -0.2) is 37.2 Å². The Hall–Kier alpha value is -0.590. The smallest absolute Gasteiger partial charge is 0.155 e. The minimum Gasteiger partial charge on any atom is -0.390 e. The lowest BCUT2D eigenvalue weighted by molar-refractivity contribution is 0.190. The standard InChI is InChI=1S/C10H12BrNO3S/c11-7-2-1-3-8(4-7)12-9-5-16(14,15)6-10(9)13/h1-4,9-10,12-13H,5-6H2/t9-,10-/m0/s1. The number of rotatable bonds is 2. The van der Waals surface area contributed by atoms with Crippen LogP contribution in [0.5, 0.6) is 0 Å². The number of sulfone groups is 1. The van der Waals surface area contributed by atoms with Gasteiger partial charge in [-0.2, -0.15) is 0 Å². The van der Waals surface area contributed by atoms with E-state index < -0.39 is 22.0 Å². The minimum atomic E-state index is -3.10. The van der Waals surface area contributed by atoms with E-state index in [0.717, 1.165) is 10.2 Å². The number of anilines is 1. The summed E-state index contributed by atoms with van der Waals surface area (Å²) >= 11 is 3.33. The molecule has 0 radical (unpaired) electrons. The zero-order valence-electron chi connectivity index (χ0n) is 8.43. The monoisotopic (exact) mass is 305 g/mol. The van der Waals surface area contributed by atoms with Gasteiger partial charge in [0.25, 0.3) is 0 Å². The highest BCUT2D eigenvalue weighted by atomic mass is 79.9. The second kappa shape index (κ2) is 4.35. The van der Waals surface area contributed by atoms with Gasteiger partial charge in [-0.1, -0.05) is 22.0 Å². The predicted octanol–water partition coefficient (Wildman–Crippen LogP) is 1.02. The molecule has 0 amide bonds. The molecule has 0 bridgehead atoms. The second-order valence-corrected chi connectivity index (χ2v) is 6.97. The molecule has 0 spiro atoms. The Morgan fingerprint density at radius 1 is 1.38 bits per heavy atom. The molecule has 16 heavy (non-hydrogen) atoms. The minimum absolute atomic E-state index is 0.0132. The van der Waals surface area contributed by atoms with Crippen molar-refractivity contribution in [3.63, 3.8) is 0 Å². The Morgan fingerprint density at radius 2 is 2.12 bits per heavy atom. The molecular formula is C10H12BrNO3S. The summed E-state index contributed by atoms with van der Waals surface area (Å²) in [6.07, 6.45) is -0.830. The van der Waals surface area contributed by atoms with Gasteiger partial charge in [0.1, 0.15) is 0 Å². The molecule has 4 nitrogen and oxygen atoms in total. The molecule has 1 heterocycles. The maximum absolute atomic E-state index is 11.3. The number of aliphatic hydroxyl groups is 1. The topological polar surface area (TPSA) is 66.4 Å².